The van der Waals surface area contributed by atoms with E-state index in [9.17, 15) is 9.59 Å². The molecule has 0 bridgehead atoms. The smallest absolute Gasteiger partial charge is 0.338 e. The largest absolute Gasteiger partial charge is 0.452 e. The van der Waals surface area contributed by atoms with E-state index in [1.807, 2.05) is 49.4 Å². The van der Waals surface area contributed by atoms with Gasteiger partial charge in [-0.3, -0.25) is 4.79 Å². The van der Waals surface area contributed by atoms with Crippen molar-refractivity contribution in [3.8, 4) is 0 Å². The Morgan fingerprint density at radius 3 is 2.45 bits per heavy atom. The second-order valence-corrected chi connectivity index (χ2v) is 7.43. The lowest BCUT2D eigenvalue weighted by Crippen LogP contribution is -3.12. The van der Waals surface area contributed by atoms with E-state index in [1.165, 1.54) is 10.5 Å². The molecule has 6 nitrogen and oxygen atoms in total. The molecule has 0 aromatic heterocycles. The third kappa shape index (κ3) is 6.69. The molecule has 1 saturated heterocycles. The van der Waals surface area contributed by atoms with Gasteiger partial charge in [-0.1, -0.05) is 49.4 Å². The number of rotatable bonds is 8. The molecule has 1 aliphatic heterocycles. The van der Waals surface area contributed by atoms with Crippen molar-refractivity contribution in [2.75, 3.05) is 39.5 Å². The minimum Gasteiger partial charge on any atom is -0.452 e. The lowest BCUT2D eigenvalue weighted by molar-refractivity contribution is -0.921. The van der Waals surface area contributed by atoms with Crippen LogP contribution in [0, 0.1) is 0 Å². The van der Waals surface area contributed by atoms with E-state index in [1.54, 1.807) is 12.1 Å². The Bertz CT molecular complexity index is 786. The molecular formula is C23H29N2O4+. The Hall–Kier alpha value is -2.70. The van der Waals surface area contributed by atoms with E-state index in [2.05, 4.69) is 5.32 Å². The van der Waals surface area contributed by atoms with Crippen molar-refractivity contribution in [2.24, 2.45) is 0 Å². The SMILES string of the molecule is C[C@H](CNC(=O)COC(=O)c1ccc(C[NH+]2CCOCC2)cc1)c1ccccc1. The fraction of sp³-hybridized carbons (Fsp3) is 0.391. The first-order valence-electron chi connectivity index (χ1n) is 10.1. The molecule has 1 fully saturated rings. The number of hydrogen-bond acceptors (Lipinski definition) is 4. The van der Waals surface area contributed by atoms with Crippen LogP contribution in [0.2, 0.25) is 0 Å². The van der Waals surface area contributed by atoms with Crippen LogP contribution < -0.4 is 10.2 Å². The van der Waals surface area contributed by atoms with Gasteiger partial charge in [0.15, 0.2) is 6.61 Å². The van der Waals surface area contributed by atoms with Crippen molar-refractivity contribution in [1.82, 2.24) is 5.32 Å². The second kappa shape index (κ2) is 10.7. The fourth-order valence-electron chi connectivity index (χ4n) is 3.32. The van der Waals surface area contributed by atoms with Crippen molar-refractivity contribution in [3.63, 3.8) is 0 Å². The highest BCUT2D eigenvalue weighted by Crippen LogP contribution is 2.13. The maximum Gasteiger partial charge on any atom is 0.338 e. The number of esters is 1. The van der Waals surface area contributed by atoms with E-state index in [-0.39, 0.29) is 18.4 Å². The van der Waals surface area contributed by atoms with Crippen LogP contribution in [0.1, 0.15) is 34.3 Å². The molecule has 1 aliphatic rings. The summed E-state index contributed by atoms with van der Waals surface area (Å²) in [6.45, 7) is 6.78. The average molecular weight is 397 g/mol. The first kappa shape index (κ1) is 21.0. The Kier molecular flexibility index (Phi) is 7.78. The molecule has 1 atom stereocenters. The lowest BCUT2D eigenvalue weighted by Gasteiger charge is -2.23. The molecule has 6 heteroatoms. The summed E-state index contributed by atoms with van der Waals surface area (Å²) in [5.74, 6) is -0.591. The van der Waals surface area contributed by atoms with E-state index in [4.69, 9.17) is 9.47 Å². The zero-order valence-electron chi connectivity index (χ0n) is 16.9. The van der Waals surface area contributed by atoms with Crippen LogP contribution >= 0.6 is 0 Å². The van der Waals surface area contributed by atoms with Crippen LogP contribution in [0.25, 0.3) is 0 Å². The molecule has 0 radical (unpaired) electrons. The normalized spacial score (nSPS) is 15.5. The maximum absolute atomic E-state index is 12.2. The van der Waals surface area contributed by atoms with Crippen molar-refractivity contribution >= 4 is 11.9 Å². The molecule has 2 aromatic carbocycles. The van der Waals surface area contributed by atoms with Gasteiger partial charge in [0.1, 0.15) is 19.6 Å². The van der Waals surface area contributed by atoms with Crippen LogP contribution in [-0.2, 0) is 20.8 Å². The topological polar surface area (TPSA) is 69.1 Å². The summed E-state index contributed by atoms with van der Waals surface area (Å²) in [5, 5.41) is 2.81. The Morgan fingerprint density at radius 1 is 1.07 bits per heavy atom. The lowest BCUT2D eigenvalue weighted by atomic mass is 10.0. The third-order valence-electron chi connectivity index (χ3n) is 5.15. The van der Waals surface area contributed by atoms with Crippen LogP contribution in [0.5, 0.6) is 0 Å². The highest BCUT2D eigenvalue weighted by molar-refractivity contribution is 5.91. The third-order valence-corrected chi connectivity index (χ3v) is 5.15. The maximum atomic E-state index is 12.2. The van der Waals surface area contributed by atoms with Gasteiger partial charge in [0.2, 0.25) is 0 Å². The Labute approximate surface area is 171 Å². The van der Waals surface area contributed by atoms with Gasteiger partial charge in [-0.15, -0.1) is 0 Å². The monoisotopic (exact) mass is 397 g/mol. The molecule has 3 rings (SSSR count). The quantitative estimate of drug-likeness (QED) is 0.657. The second-order valence-electron chi connectivity index (χ2n) is 7.43. The Morgan fingerprint density at radius 2 is 1.76 bits per heavy atom. The summed E-state index contributed by atoms with van der Waals surface area (Å²) in [6, 6.07) is 17.4. The zero-order valence-corrected chi connectivity index (χ0v) is 16.9. The molecule has 0 saturated carbocycles. The number of carbonyl (C=O) groups excluding carboxylic acids is 2. The summed E-state index contributed by atoms with van der Waals surface area (Å²) in [4.78, 5) is 25.7. The number of amides is 1. The Balaban J connectivity index is 1.39. The standard InChI is InChI=1S/C23H28N2O4/c1-18(20-5-3-2-4-6-20)15-24-22(26)17-29-23(27)21-9-7-19(8-10-21)16-25-11-13-28-14-12-25/h2-10,18H,11-17H2,1H3,(H,24,26)/p+1/t18-/m1/s1. The molecule has 0 unspecified atom stereocenters. The van der Waals surface area contributed by atoms with E-state index >= 15 is 0 Å². The molecular weight excluding hydrogens is 368 g/mol. The number of benzene rings is 2. The van der Waals surface area contributed by atoms with Crippen molar-refractivity contribution < 1.29 is 24.0 Å². The van der Waals surface area contributed by atoms with Crippen LogP contribution in [0.15, 0.2) is 54.6 Å². The number of carbonyl (C=O) groups is 2. The van der Waals surface area contributed by atoms with E-state index in [0.29, 0.717) is 12.1 Å². The predicted octanol–water partition coefficient (Wildman–Crippen LogP) is 1.18. The number of quaternary nitrogens is 1. The van der Waals surface area contributed by atoms with Gasteiger partial charge in [0.05, 0.1) is 18.8 Å². The molecule has 154 valence electrons. The van der Waals surface area contributed by atoms with Crippen molar-refractivity contribution in [2.45, 2.75) is 19.4 Å². The summed E-state index contributed by atoms with van der Waals surface area (Å²) in [6.07, 6.45) is 0. The first-order chi connectivity index (χ1) is 14.1. The summed E-state index contributed by atoms with van der Waals surface area (Å²) in [7, 11) is 0. The molecule has 1 amide bonds. The highest BCUT2D eigenvalue weighted by atomic mass is 16.5. The van der Waals surface area contributed by atoms with Crippen LogP contribution in [0.3, 0.4) is 0 Å². The minimum absolute atomic E-state index is 0.192. The number of hydrogen-bond donors (Lipinski definition) is 2. The van der Waals surface area contributed by atoms with E-state index < -0.39 is 5.97 Å². The van der Waals surface area contributed by atoms with Gasteiger partial charge in [-0.05, 0) is 23.6 Å². The summed E-state index contributed by atoms with van der Waals surface area (Å²) in [5.41, 5.74) is 2.78. The molecule has 2 aromatic rings. The molecule has 2 N–H and O–H groups in total. The molecule has 0 aliphatic carbocycles. The predicted molar refractivity (Wildman–Crippen MR) is 110 cm³/mol. The summed E-state index contributed by atoms with van der Waals surface area (Å²) >= 11 is 0. The van der Waals surface area contributed by atoms with Gasteiger partial charge in [0.25, 0.3) is 5.91 Å². The number of morpholine rings is 1. The first-order valence-corrected chi connectivity index (χ1v) is 10.1. The highest BCUT2D eigenvalue weighted by Gasteiger charge is 2.15. The van der Waals surface area contributed by atoms with Gasteiger partial charge in [-0.2, -0.15) is 0 Å². The van der Waals surface area contributed by atoms with Gasteiger partial charge >= 0.3 is 5.97 Å². The van der Waals surface area contributed by atoms with Crippen molar-refractivity contribution in [3.05, 3.63) is 71.3 Å². The van der Waals surface area contributed by atoms with Gasteiger partial charge in [0, 0.05) is 12.1 Å². The number of ether oxygens (including phenoxy) is 2. The summed E-state index contributed by atoms with van der Waals surface area (Å²) < 4.78 is 10.5. The number of nitrogens with one attached hydrogen (secondary N) is 2. The average Bonchev–Trinajstić information content (AvgIpc) is 2.77. The molecule has 0 spiro atoms. The van der Waals surface area contributed by atoms with Gasteiger partial charge in [-0.25, -0.2) is 4.79 Å². The van der Waals surface area contributed by atoms with Crippen LogP contribution in [0.4, 0.5) is 0 Å². The van der Waals surface area contributed by atoms with E-state index in [0.717, 1.165) is 38.4 Å². The fourth-order valence-corrected chi connectivity index (χ4v) is 3.32. The zero-order chi connectivity index (χ0) is 20.5. The van der Waals surface area contributed by atoms with Crippen molar-refractivity contribution in [1.29, 1.82) is 0 Å². The van der Waals surface area contributed by atoms with Gasteiger partial charge < -0.3 is 19.7 Å². The molecule has 1 heterocycles. The van der Waals surface area contributed by atoms with Crippen LogP contribution in [-0.4, -0.2) is 51.3 Å². The molecule has 29 heavy (non-hydrogen) atoms. The minimum atomic E-state index is -0.485.